The zero-order valence-corrected chi connectivity index (χ0v) is 19.3. The first kappa shape index (κ1) is 22.0. The van der Waals surface area contributed by atoms with E-state index < -0.39 is 0 Å². The number of nitrogens with one attached hydrogen (secondary N) is 1. The van der Waals surface area contributed by atoms with Crippen molar-refractivity contribution in [1.82, 2.24) is 19.6 Å². The molecule has 0 unspecified atom stereocenters. The van der Waals surface area contributed by atoms with Crippen LogP contribution in [-0.2, 0) is 0 Å². The molecule has 1 N–H and O–H groups in total. The Bertz CT molecular complexity index is 1460. The highest BCUT2D eigenvalue weighted by molar-refractivity contribution is 6.07. The highest BCUT2D eigenvalue weighted by Crippen LogP contribution is 2.33. The van der Waals surface area contributed by atoms with Crippen LogP contribution < -0.4 is 14.8 Å². The number of carbonyl (C=O) groups is 1. The molecule has 0 aliphatic heterocycles. The van der Waals surface area contributed by atoms with E-state index in [1.54, 1.807) is 54.2 Å². The molecule has 0 radical (unpaired) electrons. The van der Waals surface area contributed by atoms with Crippen LogP contribution in [0.3, 0.4) is 0 Å². The molecule has 0 fully saturated rings. The van der Waals surface area contributed by atoms with Crippen LogP contribution >= 0.6 is 0 Å². The topological polar surface area (TPSA) is 83.2 Å². The molecule has 2 aromatic heterocycles. The van der Waals surface area contributed by atoms with Gasteiger partial charge >= 0.3 is 0 Å². The fraction of sp³-hybridized carbons (Fsp3) is 0.0741. The maximum Gasteiger partial charge on any atom is 0.260 e. The largest absolute Gasteiger partial charge is 0.493 e. The molecule has 35 heavy (non-hydrogen) atoms. The van der Waals surface area contributed by atoms with E-state index >= 15 is 0 Å². The number of anilines is 1. The molecule has 0 saturated carbocycles. The van der Waals surface area contributed by atoms with Crippen molar-refractivity contribution in [1.29, 1.82) is 0 Å². The van der Waals surface area contributed by atoms with Gasteiger partial charge in [0.15, 0.2) is 17.3 Å². The minimum Gasteiger partial charge on any atom is -0.493 e. The minimum atomic E-state index is -0.324. The molecule has 5 rings (SSSR count). The normalized spacial score (nSPS) is 10.7. The number of nitrogens with zero attached hydrogens (tertiary/aromatic N) is 4. The highest BCUT2D eigenvalue weighted by atomic mass is 16.5. The molecule has 5 aromatic rings. The van der Waals surface area contributed by atoms with Crippen molar-refractivity contribution in [2.24, 2.45) is 0 Å². The SMILES string of the molecule is COc1ccc(-c2nn(-c3ccccc3)cc2C(=O)Nc2ccn(-c3ccccc3)n2)cc1OC. The van der Waals surface area contributed by atoms with E-state index in [4.69, 9.17) is 14.6 Å². The number of methoxy groups -OCH3 is 2. The number of hydrogen-bond acceptors (Lipinski definition) is 5. The highest BCUT2D eigenvalue weighted by Gasteiger charge is 2.21. The van der Waals surface area contributed by atoms with Crippen molar-refractivity contribution in [2.75, 3.05) is 19.5 Å². The Labute approximate surface area is 202 Å². The smallest absolute Gasteiger partial charge is 0.260 e. The molecule has 0 saturated heterocycles. The average molecular weight is 466 g/mol. The lowest BCUT2D eigenvalue weighted by atomic mass is 10.1. The van der Waals surface area contributed by atoms with Crippen LogP contribution in [0.5, 0.6) is 11.5 Å². The fourth-order valence-corrected chi connectivity index (χ4v) is 3.75. The predicted molar refractivity (Wildman–Crippen MR) is 134 cm³/mol. The third-order valence-corrected chi connectivity index (χ3v) is 5.49. The van der Waals surface area contributed by atoms with Gasteiger partial charge in [-0.25, -0.2) is 9.36 Å². The summed E-state index contributed by atoms with van der Waals surface area (Å²) in [5, 5.41) is 12.1. The Hall–Kier alpha value is -4.85. The number of benzene rings is 3. The number of ether oxygens (including phenoxy) is 2. The van der Waals surface area contributed by atoms with E-state index in [9.17, 15) is 4.79 Å². The van der Waals surface area contributed by atoms with Crippen molar-refractivity contribution in [3.63, 3.8) is 0 Å². The van der Waals surface area contributed by atoms with E-state index in [-0.39, 0.29) is 5.91 Å². The van der Waals surface area contributed by atoms with Gasteiger partial charge in [-0.2, -0.15) is 10.2 Å². The summed E-state index contributed by atoms with van der Waals surface area (Å²) in [6, 6.07) is 26.5. The summed E-state index contributed by atoms with van der Waals surface area (Å²) < 4.78 is 14.2. The first-order valence-electron chi connectivity index (χ1n) is 11.0. The lowest BCUT2D eigenvalue weighted by Crippen LogP contribution is -2.13. The summed E-state index contributed by atoms with van der Waals surface area (Å²) in [5.74, 6) is 1.25. The van der Waals surface area contributed by atoms with Crippen LogP contribution in [0.25, 0.3) is 22.6 Å². The molecule has 8 heteroatoms. The van der Waals surface area contributed by atoms with Crippen LogP contribution in [0.2, 0.25) is 0 Å². The molecule has 0 atom stereocenters. The third-order valence-electron chi connectivity index (χ3n) is 5.49. The van der Waals surface area contributed by atoms with Gasteiger partial charge in [-0.15, -0.1) is 0 Å². The fourth-order valence-electron chi connectivity index (χ4n) is 3.75. The van der Waals surface area contributed by atoms with Gasteiger partial charge in [-0.3, -0.25) is 4.79 Å². The van der Waals surface area contributed by atoms with E-state index in [1.807, 2.05) is 66.7 Å². The van der Waals surface area contributed by atoms with Crippen LogP contribution in [0, 0.1) is 0 Å². The Morgan fingerprint density at radius 3 is 2.09 bits per heavy atom. The van der Waals surface area contributed by atoms with Gasteiger partial charge in [-0.1, -0.05) is 36.4 Å². The number of rotatable bonds is 7. The van der Waals surface area contributed by atoms with Crippen LogP contribution in [-0.4, -0.2) is 39.7 Å². The molecule has 0 aliphatic carbocycles. The van der Waals surface area contributed by atoms with E-state index in [2.05, 4.69) is 10.4 Å². The molecule has 3 aromatic carbocycles. The third kappa shape index (κ3) is 4.49. The molecular formula is C27H23N5O3. The van der Waals surface area contributed by atoms with Gasteiger partial charge in [-0.05, 0) is 42.5 Å². The number of aromatic nitrogens is 4. The average Bonchev–Trinajstić information content (AvgIpc) is 3.57. The standard InChI is InChI=1S/C27H23N5O3/c1-34-23-14-13-19(17-24(23)35-2)26-22(18-32(30-26)21-11-7-4-8-12-21)27(33)28-25-15-16-31(29-25)20-9-5-3-6-10-20/h3-18H,1-2H3,(H,28,29,33). The molecule has 0 aliphatic rings. The van der Waals surface area contributed by atoms with Gasteiger partial charge in [0, 0.05) is 24.0 Å². The summed E-state index contributed by atoms with van der Waals surface area (Å²) in [7, 11) is 3.15. The summed E-state index contributed by atoms with van der Waals surface area (Å²) in [6.07, 6.45) is 3.51. The molecule has 174 valence electrons. The van der Waals surface area contributed by atoms with Crippen molar-refractivity contribution < 1.29 is 14.3 Å². The van der Waals surface area contributed by atoms with Gasteiger partial charge in [0.05, 0.1) is 31.2 Å². The summed E-state index contributed by atoms with van der Waals surface area (Å²) >= 11 is 0. The van der Waals surface area contributed by atoms with Gasteiger partial charge < -0.3 is 14.8 Å². The van der Waals surface area contributed by atoms with E-state index in [0.717, 1.165) is 16.9 Å². The van der Waals surface area contributed by atoms with Gasteiger partial charge in [0.1, 0.15) is 5.69 Å². The first-order chi connectivity index (χ1) is 17.2. The van der Waals surface area contributed by atoms with Crippen molar-refractivity contribution >= 4 is 11.7 Å². The Morgan fingerprint density at radius 2 is 1.43 bits per heavy atom. The number of para-hydroxylation sites is 2. The Morgan fingerprint density at radius 1 is 0.771 bits per heavy atom. The van der Waals surface area contributed by atoms with Crippen LogP contribution in [0.15, 0.2) is 97.3 Å². The quantitative estimate of drug-likeness (QED) is 0.366. The number of hydrogen-bond donors (Lipinski definition) is 1. The minimum absolute atomic E-state index is 0.324. The summed E-state index contributed by atoms with van der Waals surface area (Å²) in [4.78, 5) is 13.4. The first-order valence-corrected chi connectivity index (χ1v) is 11.0. The summed E-state index contributed by atoms with van der Waals surface area (Å²) in [6.45, 7) is 0. The maximum atomic E-state index is 13.4. The number of carbonyl (C=O) groups excluding carboxylic acids is 1. The monoisotopic (exact) mass is 465 g/mol. The van der Waals surface area contributed by atoms with Crippen molar-refractivity contribution in [3.05, 3.63) is 103 Å². The molecule has 0 bridgehead atoms. The van der Waals surface area contributed by atoms with Crippen LogP contribution in [0.4, 0.5) is 5.82 Å². The molecule has 0 spiro atoms. The van der Waals surface area contributed by atoms with Crippen LogP contribution in [0.1, 0.15) is 10.4 Å². The van der Waals surface area contributed by atoms with E-state index in [1.165, 1.54) is 0 Å². The van der Waals surface area contributed by atoms with E-state index in [0.29, 0.717) is 28.6 Å². The lowest BCUT2D eigenvalue weighted by molar-refractivity contribution is 0.102. The zero-order valence-electron chi connectivity index (χ0n) is 19.3. The van der Waals surface area contributed by atoms with Gasteiger partial charge in [0.25, 0.3) is 5.91 Å². The van der Waals surface area contributed by atoms with Crippen molar-refractivity contribution in [2.45, 2.75) is 0 Å². The second kappa shape index (κ2) is 9.56. The second-order valence-electron chi connectivity index (χ2n) is 7.68. The number of amides is 1. The second-order valence-corrected chi connectivity index (χ2v) is 7.68. The van der Waals surface area contributed by atoms with Gasteiger partial charge in [0.2, 0.25) is 0 Å². The predicted octanol–water partition coefficient (Wildman–Crippen LogP) is 4.99. The zero-order chi connectivity index (χ0) is 24.2. The molecular weight excluding hydrogens is 442 g/mol. The lowest BCUT2D eigenvalue weighted by Gasteiger charge is -2.09. The Kier molecular flexibility index (Phi) is 6.00. The van der Waals surface area contributed by atoms with Crippen molar-refractivity contribution in [3.8, 4) is 34.1 Å². The Balaban J connectivity index is 1.52. The summed E-state index contributed by atoms with van der Waals surface area (Å²) in [5.41, 5.74) is 3.36. The molecule has 1 amide bonds. The maximum absolute atomic E-state index is 13.4. The molecule has 2 heterocycles. The molecule has 8 nitrogen and oxygen atoms in total.